The third-order valence-electron chi connectivity index (χ3n) is 4.40. The molecule has 1 aromatic rings. The molecule has 0 spiro atoms. The van der Waals surface area contributed by atoms with E-state index in [0.717, 1.165) is 32.5 Å². The first kappa shape index (κ1) is 12.9. The number of fused-ring (bicyclic) bond motifs is 1. The molecule has 0 aromatic heterocycles. The Morgan fingerprint density at radius 1 is 1.26 bits per heavy atom. The Kier molecular flexibility index (Phi) is 3.71. The molecule has 1 N–H and O–H groups in total. The average Bonchev–Trinajstić information content (AvgIpc) is 2.95. The third kappa shape index (κ3) is 2.74. The molecule has 1 aliphatic carbocycles. The summed E-state index contributed by atoms with van der Waals surface area (Å²) in [6.07, 6.45) is 1.97. The molecule has 3 unspecified atom stereocenters. The van der Waals surface area contributed by atoms with Crippen LogP contribution < -0.4 is 4.74 Å². The van der Waals surface area contributed by atoms with Crippen LogP contribution in [0, 0.1) is 17.7 Å². The molecule has 3 nitrogen and oxygen atoms in total. The van der Waals surface area contributed by atoms with Gasteiger partial charge < -0.3 is 9.84 Å². The Balaban J connectivity index is 1.46. The maximum absolute atomic E-state index is 13.4. The molecular formula is C15H20FNO2. The number of likely N-dealkylation sites (tertiary alicyclic amines) is 1. The number of rotatable bonds is 4. The van der Waals surface area contributed by atoms with E-state index in [1.165, 1.54) is 6.07 Å². The topological polar surface area (TPSA) is 32.7 Å². The van der Waals surface area contributed by atoms with Crippen LogP contribution in [0.2, 0.25) is 0 Å². The summed E-state index contributed by atoms with van der Waals surface area (Å²) >= 11 is 0. The van der Waals surface area contributed by atoms with Crippen molar-refractivity contribution in [2.45, 2.75) is 18.9 Å². The van der Waals surface area contributed by atoms with Gasteiger partial charge in [0.05, 0.1) is 6.10 Å². The average molecular weight is 265 g/mol. The normalized spacial score (nSPS) is 30.5. The van der Waals surface area contributed by atoms with Gasteiger partial charge in [-0.05, 0) is 30.9 Å². The lowest BCUT2D eigenvalue weighted by Crippen LogP contribution is -2.28. The molecule has 2 fully saturated rings. The monoisotopic (exact) mass is 265 g/mol. The minimum Gasteiger partial charge on any atom is -0.489 e. The van der Waals surface area contributed by atoms with Crippen molar-refractivity contribution in [3.05, 3.63) is 30.1 Å². The van der Waals surface area contributed by atoms with Crippen LogP contribution in [-0.4, -0.2) is 42.4 Å². The Hall–Kier alpha value is -1.13. The Bertz CT molecular complexity index is 440. The van der Waals surface area contributed by atoms with Crippen LogP contribution in [0.4, 0.5) is 4.39 Å². The highest BCUT2D eigenvalue weighted by atomic mass is 19.1. The van der Waals surface area contributed by atoms with Gasteiger partial charge in [0.1, 0.15) is 6.61 Å². The number of aliphatic hydroxyl groups excluding tert-OH is 1. The smallest absolute Gasteiger partial charge is 0.165 e. The van der Waals surface area contributed by atoms with Crippen molar-refractivity contribution < 1.29 is 14.2 Å². The zero-order chi connectivity index (χ0) is 13.2. The van der Waals surface area contributed by atoms with E-state index in [9.17, 15) is 9.50 Å². The van der Waals surface area contributed by atoms with Gasteiger partial charge in [0.2, 0.25) is 0 Å². The van der Waals surface area contributed by atoms with Gasteiger partial charge in [-0.2, -0.15) is 0 Å². The van der Waals surface area contributed by atoms with E-state index in [0.29, 0.717) is 24.2 Å². The fraction of sp³-hybridized carbons (Fsp3) is 0.600. The second kappa shape index (κ2) is 5.47. The SMILES string of the molecule is OC1CCC2CN(CCOc3ccccc3F)CC12. The summed E-state index contributed by atoms with van der Waals surface area (Å²) in [6.45, 7) is 3.29. The largest absolute Gasteiger partial charge is 0.489 e. The van der Waals surface area contributed by atoms with E-state index < -0.39 is 0 Å². The van der Waals surface area contributed by atoms with Crippen molar-refractivity contribution in [1.29, 1.82) is 0 Å². The van der Waals surface area contributed by atoms with Crippen LogP contribution in [0.25, 0.3) is 0 Å². The number of benzene rings is 1. The van der Waals surface area contributed by atoms with Gasteiger partial charge in [0.15, 0.2) is 11.6 Å². The fourth-order valence-electron chi connectivity index (χ4n) is 3.36. The summed E-state index contributed by atoms with van der Waals surface area (Å²) in [4.78, 5) is 2.32. The van der Waals surface area contributed by atoms with Gasteiger partial charge in [0.25, 0.3) is 0 Å². The zero-order valence-electron chi connectivity index (χ0n) is 11.0. The molecule has 1 heterocycles. The van der Waals surface area contributed by atoms with Gasteiger partial charge in [-0.3, -0.25) is 4.90 Å². The fourth-order valence-corrected chi connectivity index (χ4v) is 3.36. The van der Waals surface area contributed by atoms with E-state index in [1.54, 1.807) is 18.2 Å². The van der Waals surface area contributed by atoms with Crippen LogP contribution in [0.15, 0.2) is 24.3 Å². The molecule has 104 valence electrons. The molecule has 0 amide bonds. The van der Waals surface area contributed by atoms with Gasteiger partial charge in [-0.1, -0.05) is 12.1 Å². The van der Waals surface area contributed by atoms with E-state index in [2.05, 4.69) is 4.90 Å². The van der Waals surface area contributed by atoms with Crippen molar-refractivity contribution in [2.24, 2.45) is 11.8 Å². The van der Waals surface area contributed by atoms with Crippen molar-refractivity contribution in [3.63, 3.8) is 0 Å². The van der Waals surface area contributed by atoms with Crippen LogP contribution >= 0.6 is 0 Å². The first-order valence-corrected chi connectivity index (χ1v) is 7.02. The van der Waals surface area contributed by atoms with Crippen molar-refractivity contribution >= 4 is 0 Å². The molecule has 1 saturated heterocycles. The van der Waals surface area contributed by atoms with Crippen LogP contribution in [0.3, 0.4) is 0 Å². The molecule has 0 radical (unpaired) electrons. The predicted octanol–water partition coefficient (Wildman–Crippen LogP) is 1.91. The van der Waals surface area contributed by atoms with E-state index in [4.69, 9.17) is 4.74 Å². The van der Waals surface area contributed by atoms with Crippen molar-refractivity contribution in [3.8, 4) is 5.75 Å². The number of nitrogens with zero attached hydrogens (tertiary/aromatic N) is 1. The molecule has 1 aliphatic heterocycles. The standard InChI is InChI=1S/C15H20FNO2/c16-13-3-1-2-4-15(13)19-8-7-17-9-11-5-6-14(18)12(11)10-17/h1-4,11-12,14,18H,5-10H2. The second-order valence-corrected chi connectivity index (χ2v) is 5.61. The summed E-state index contributed by atoms with van der Waals surface area (Å²) in [5.74, 6) is 1.09. The summed E-state index contributed by atoms with van der Waals surface area (Å²) in [6, 6.07) is 6.49. The minimum absolute atomic E-state index is 0.123. The summed E-state index contributed by atoms with van der Waals surface area (Å²) in [5, 5.41) is 9.85. The maximum atomic E-state index is 13.4. The summed E-state index contributed by atoms with van der Waals surface area (Å²) in [5.41, 5.74) is 0. The van der Waals surface area contributed by atoms with Gasteiger partial charge in [-0.15, -0.1) is 0 Å². The third-order valence-corrected chi connectivity index (χ3v) is 4.40. The molecular weight excluding hydrogens is 245 g/mol. The number of para-hydroxylation sites is 1. The maximum Gasteiger partial charge on any atom is 0.165 e. The second-order valence-electron chi connectivity index (χ2n) is 5.61. The molecule has 1 aromatic carbocycles. The van der Waals surface area contributed by atoms with Gasteiger partial charge in [0, 0.05) is 25.6 Å². The summed E-state index contributed by atoms with van der Waals surface area (Å²) < 4.78 is 18.8. The number of ether oxygens (including phenoxy) is 1. The Morgan fingerprint density at radius 2 is 2.11 bits per heavy atom. The highest BCUT2D eigenvalue weighted by Gasteiger charge is 2.41. The van der Waals surface area contributed by atoms with Crippen LogP contribution in [0.5, 0.6) is 5.75 Å². The number of hydrogen-bond donors (Lipinski definition) is 1. The van der Waals surface area contributed by atoms with Crippen molar-refractivity contribution in [2.75, 3.05) is 26.2 Å². The van der Waals surface area contributed by atoms with Crippen molar-refractivity contribution in [1.82, 2.24) is 4.90 Å². The highest BCUT2D eigenvalue weighted by Crippen LogP contribution is 2.37. The van der Waals surface area contributed by atoms with Crippen LogP contribution in [0.1, 0.15) is 12.8 Å². The Morgan fingerprint density at radius 3 is 2.89 bits per heavy atom. The van der Waals surface area contributed by atoms with Crippen LogP contribution in [-0.2, 0) is 0 Å². The number of halogens is 1. The molecule has 3 atom stereocenters. The predicted molar refractivity (Wildman–Crippen MR) is 70.6 cm³/mol. The van der Waals surface area contributed by atoms with E-state index >= 15 is 0 Å². The van der Waals surface area contributed by atoms with Gasteiger partial charge in [-0.25, -0.2) is 4.39 Å². The number of hydrogen-bond acceptors (Lipinski definition) is 3. The lowest BCUT2D eigenvalue weighted by atomic mass is 10.00. The molecule has 3 rings (SSSR count). The summed E-state index contributed by atoms with van der Waals surface area (Å²) in [7, 11) is 0. The first-order chi connectivity index (χ1) is 9.24. The molecule has 0 bridgehead atoms. The zero-order valence-corrected chi connectivity index (χ0v) is 11.0. The first-order valence-electron chi connectivity index (χ1n) is 7.02. The lowest BCUT2D eigenvalue weighted by molar-refractivity contribution is 0.122. The molecule has 19 heavy (non-hydrogen) atoms. The lowest BCUT2D eigenvalue weighted by Gasteiger charge is -2.18. The van der Waals surface area contributed by atoms with E-state index in [-0.39, 0.29) is 11.9 Å². The highest BCUT2D eigenvalue weighted by molar-refractivity contribution is 5.23. The molecule has 1 saturated carbocycles. The minimum atomic E-state index is -0.309. The van der Waals surface area contributed by atoms with E-state index in [1.807, 2.05) is 0 Å². The van der Waals surface area contributed by atoms with Gasteiger partial charge >= 0.3 is 0 Å². The quantitative estimate of drug-likeness (QED) is 0.902. The number of aliphatic hydroxyl groups is 1. The molecule has 2 aliphatic rings. The Labute approximate surface area is 113 Å². The molecule has 4 heteroatoms.